The SMILES string of the molecule is Clc1ccc(OCCN2CCCCC2)nc1CNC1CC1. The van der Waals surface area contributed by atoms with Crippen molar-refractivity contribution < 1.29 is 4.74 Å². The Bertz CT molecular complexity index is 459. The van der Waals surface area contributed by atoms with Crippen LogP contribution in [0.4, 0.5) is 0 Å². The molecule has 0 spiro atoms. The second kappa shape index (κ2) is 7.43. The average Bonchev–Trinajstić information content (AvgIpc) is 3.33. The van der Waals surface area contributed by atoms with Crippen LogP contribution in [0.3, 0.4) is 0 Å². The highest BCUT2D eigenvalue weighted by atomic mass is 35.5. The lowest BCUT2D eigenvalue weighted by molar-refractivity contribution is 0.180. The molecule has 0 amide bonds. The highest BCUT2D eigenvalue weighted by Crippen LogP contribution is 2.22. The highest BCUT2D eigenvalue weighted by molar-refractivity contribution is 6.31. The van der Waals surface area contributed by atoms with Gasteiger partial charge in [-0.25, -0.2) is 4.98 Å². The van der Waals surface area contributed by atoms with Gasteiger partial charge in [0.05, 0.1) is 10.7 Å². The fourth-order valence-corrected chi connectivity index (χ4v) is 2.83. The molecule has 1 N–H and O–H groups in total. The topological polar surface area (TPSA) is 37.4 Å². The largest absolute Gasteiger partial charge is 0.476 e. The molecule has 2 aliphatic rings. The zero-order valence-electron chi connectivity index (χ0n) is 12.5. The summed E-state index contributed by atoms with van der Waals surface area (Å²) >= 11 is 6.19. The highest BCUT2D eigenvalue weighted by Gasteiger charge is 2.20. The minimum atomic E-state index is 0.659. The normalized spacial score (nSPS) is 19.7. The molecule has 0 unspecified atom stereocenters. The molecule has 0 radical (unpaired) electrons. The number of piperidine rings is 1. The van der Waals surface area contributed by atoms with Gasteiger partial charge < -0.3 is 10.1 Å². The van der Waals surface area contributed by atoms with Gasteiger partial charge in [-0.2, -0.15) is 0 Å². The van der Waals surface area contributed by atoms with E-state index >= 15 is 0 Å². The number of halogens is 1. The number of ether oxygens (including phenoxy) is 1. The molecule has 4 nitrogen and oxygen atoms in total. The molecule has 0 atom stereocenters. The predicted octanol–water partition coefficient (Wildman–Crippen LogP) is 2.85. The number of nitrogens with one attached hydrogen (secondary N) is 1. The van der Waals surface area contributed by atoms with Crippen LogP contribution in [0.1, 0.15) is 37.8 Å². The average molecular weight is 310 g/mol. The smallest absolute Gasteiger partial charge is 0.213 e. The van der Waals surface area contributed by atoms with Crippen LogP contribution in [0.2, 0.25) is 5.02 Å². The van der Waals surface area contributed by atoms with Crippen molar-refractivity contribution in [2.45, 2.75) is 44.7 Å². The predicted molar refractivity (Wildman–Crippen MR) is 84.9 cm³/mol. The Hall–Kier alpha value is -0.840. The number of hydrogen-bond donors (Lipinski definition) is 1. The van der Waals surface area contributed by atoms with E-state index in [1.807, 2.05) is 12.1 Å². The second-order valence-corrected chi connectivity index (χ2v) is 6.39. The van der Waals surface area contributed by atoms with E-state index in [2.05, 4.69) is 15.2 Å². The Morgan fingerprint density at radius 1 is 1.24 bits per heavy atom. The van der Waals surface area contributed by atoms with E-state index in [1.165, 1.54) is 45.2 Å². The van der Waals surface area contributed by atoms with E-state index in [4.69, 9.17) is 16.3 Å². The van der Waals surface area contributed by atoms with Gasteiger partial charge in [0, 0.05) is 25.2 Å². The van der Waals surface area contributed by atoms with E-state index < -0.39 is 0 Å². The molecule has 116 valence electrons. The van der Waals surface area contributed by atoms with Crippen molar-refractivity contribution in [2.75, 3.05) is 26.2 Å². The lowest BCUT2D eigenvalue weighted by Crippen LogP contribution is -2.33. The van der Waals surface area contributed by atoms with Crippen LogP contribution in [-0.4, -0.2) is 42.2 Å². The van der Waals surface area contributed by atoms with Crippen LogP contribution in [0.5, 0.6) is 5.88 Å². The Morgan fingerprint density at radius 3 is 2.81 bits per heavy atom. The summed E-state index contributed by atoms with van der Waals surface area (Å²) in [7, 11) is 0. The molecular weight excluding hydrogens is 286 g/mol. The number of likely N-dealkylation sites (tertiary alicyclic amines) is 1. The molecule has 5 heteroatoms. The number of pyridine rings is 1. The van der Waals surface area contributed by atoms with Crippen molar-refractivity contribution >= 4 is 11.6 Å². The summed E-state index contributed by atoms with van der Waals surface area (Å²) < 4.78 is 5.79. The van der Waals surface area contributed by atoms with E-state index in [0.717, 1.165) is 18.8 Å². The van der Waals surface area contributed by atoms with Gasteiger partial charge in [0.25, 0.3) is 0 Å². The van der Waals surface area contributed by atoms with Crippen LogP contribution >= 0.6 is 11.6 Å². The van der Waals surface area contributed by atoms with Gasteiger partial charge in [-0.05, 0) is 44.8 Å². The Morgan fingerprint density at radius 2 is 2.05 bits per heavy atom. The van der Waals surface area contributed by atoms with Crippen molar-refractivity contribution in [3.05, 3.63) is 22.8 Å². The molecular formula is C16H24ClN3O. The number of rotatable bonds is 7. The van der Waals surface area contributed by atoms with Crippen molar-refractivity contribution in [1.29, 1.82) is 0 Å². The monoisotopic (exact) mass is 309 g/mol. The van der Waals surface area contributed by atoms with Crippen LogP contribution < -0.4 is 10.1 Å². The summed E-state index contributed by atoms with van der Waals surface area (Å²) in [6, 6.07) is 4.40. The van der Waals surface area contributed by atoms with E-state index in [9.17, 15) is 0 Å². The van der Waals surface area contributed by atoms with E-state index in [-0.39, 0.29) is 0 Å². The summed E-state index contributed by atoms with van der Waals surface area (Å²) in [4.78, 5) is 6.99. The summed E-state index contributed by atoms with van der Waals surface area (Å²) in [5, 5.41) is 4.15. The molecule has 0 aromatic carbocycles. The molecule has 1 aromatic heterocycles. The fourth-order valence-electron chi connectivity index (χ4n) is 2.66. The molecule has 2 fully saturated rings. The van der Waals surface area contributed by atoms with E-state index in [0.29, 0.717) is 23.6 Å². The van der Waals surface area contributed by atoms with Gasteiger partial charge >= 0.3 is 0 Å². The van der Waals surface area contributed by atoms with Crippen LogP contribution in [-0.2, 0) is 6.54 Å². The second-order valence-electron chi connectivity index (χ2n) is 5.98. The standard InChI is InChI=1S/C16H24ClN3O/c17-14-6-7-16(19-15(14)12-18-13-4-5-13)21-11-10-20-8-2-1-3-9-20/h6-7,13,18H,1-5,8-12H2. The van der Waals surface area contributed by atoms with Gasteiger partial charge in [-0.15, -0.1) is 0 Å². The first-order chi connectivity index (χ1) is 10.3. The maximum Gasteiger partial charge on any atom is 0.213 e. The lowest BCUT2D eigenvalue weighted by atomic mass is 10.1. The third kappa shape index (κ3) is 4.83. The van der Waals surface area contributed by atoms with Crippen LogP contribution in [0, 0.1) is 0 Å². The van der Waals surface area contributed by atoms with Gasteiger partial charge in [0.2, 0.25) is 5.88 Å². The van der Waals surface area contributed by atoms with Crippen LogP contribution in [0.25, 0.3) is 0 Å². The van der Waals surface area contributed by atoms with Gasteiger partial charge in [0.15, 0.2) is 0 Å². The first-order valence-corrected chi connectivity index (χ1v) is 8.43. The maximum absolute atomic E-state index is 6.19. The molecule has 1 aliphatic heterocycles. The molecule has 1 aromatic rings. The summed E-state index contributed by atoms with van der Waals surface area (Å²) in [5.74, 6) is 0.684. The van der Waals surface area contributed by atoms with E-state index in [1.54, 1.807) is 0 Å². The Balaban J connectivity index is 1.46. The van der Waals surface area contributed by atoms with Gasteiger partial charge in [0.1, 0.15) is 6.61 Å². The summed E-state index contributed by atoms with van der Waals surface area (Å²) in [6.45, 7) is 4.82. The minimum absolute atomic E-state index is 0.659. The van der Waals surface area contributed by atoms with Gasteiger partial charge in [-0.3, -0.25) is 4.90 Å². The molecule has 3 rings (SSSR count). The molecule has 1 saturated carbocycles. The summed E-state index contributed by atoms with van der Waals surface area (Å²) in [5.41, 5.74) is 0.888. The zero-order valence-corrected chi connectivity index (χ0v) is 13.2. The van der Waals surface area contributed by atoms with Crippen LogP contribution in [0.15, 0.2) is 12.1 Å². The quantitative estimate of drug-likeness (QED) is 0.840. The molecule has 0 bridgehead atoms. The van der Waals surface area contributed by atoms with Gasteiger partial charge in [-0.1, -0.05) is 18.0 Å². The first kappa shape index (κ1) is 15.1. The molecule has 21 heavy (non-hydrogen) atoms. The lowest BCUT2D eigenvalue weighted by Gasteiger charge is -2.26. The molecule has 1 aliphatic carbocycles. The number of hydrogen-bond acceptors (Lipinski definition) is 4. The zero-order chi connectivity index (χ0) is 14.5. The number of nitrogens with zero attached hydrogens (tertiary/aromatic N) is 2. The first-order valence-electron chi connectivity index (χ1n) is 8.05. The number of aromatic nitrogens is 1. The molecule has 1 saturated heterocycles. The third-order valence-corrected chi connectivity index (χ3v) is 4.48. The van der Waals surface area contributed by atoms with Crippen molar-refractivity contribution in [2.24, 2.45) is 0 Å². The Kier molecular flexibility index (Phi) is 5.33. The maximum atomic E-state index is 6.19. The minimum Gasteiger partial charge on any atom is -0.476 e. The van der Waals surface area contributed by atoms with Crippen molar-refractivity contribution in [3.8, 4) is 5.88 Å². The van der Waals surface area contributed by atoms with Crippen molar-refractivity contribution in [1.82, 2.24) is 15.2 Å². The third-order valence-electron chi connectivity index (χ3n) is 4.13. The molecule has 2 heterocycles. The summed E-state index contributed by atoms with van der Waals surface area (Å²) in [6.07, 6.45) is 6.53. The fraction of sp³-hybridized carbons (Fsp3) is 0.688. The Labute approximate surface area is 131 Å². The van der Waals surface area contributed by atoms with Crippen molar-refractivity contribution in [3.63, 3.8) is 0 Å².